The maximum absolute atomic E-state index is 12.8. The summed E-state index contributed by atoms with van der Waals surface area (Å²) in [5, 5.41) is 3.18. The molecule has 1 N–H and O–H groups in total. The zero-order chi connectivity index (χ0) is 9.97. The van der Waals surface area contributed by atoms with Gasteiger partial charge < -0.3 is 10.1 Å². The van der Waals surface area contributed by atoms with E-state index in [1.807, 2.05) is 0 Å². The molecule has 0 amide bonds. The number of ether oxygens (including phenoxy) is 1. The number of pyridine rings is 1. The van der Waals surface area contributed by atoms with Crippen molar-refractivity contribution in [3.63, 3.8) is 0 Å². The number of rotatable bonds is 1. The molecule has 0 bridgehead atoms. The molecule has 0 fully saturated rings. The highest BCUT2D eigenvalue weighted by Crippen LogP contribution is 2.20. The molecule has 1 aromatic rings. The molecule has 4 heteroatoms. The van der Waals surface area contributed by atoms with E-state index in [2.05, 4.69) is 17.2 Å². The molecule has 2 rings (SSSR count). The summed E-state index contributed by atoms with van der Waals surface area (Å²) in [5.74, 6) is 0.243. The molecule has 0 saturated heterocycles. The number of nitrogens with one attached hydrogen (secondary N) is 1. The van der Waals surface area contributed by atoms with Crippen molar-refractivity contribution in [3.8, 4) is 5.75 Å². The standard InChI is InChI=1S/C10H13FN2O/c1-2-7-5-12-6-8-9(14-7)3-4-10(11)13-8/h3-4,7,12H,2,5-6H2,1H3/t7-/m1/s1. The third-order valence-corrected chi connectivity index (χ3v) is 2.31. The minimum absolute atomic E-state index is 0.156. The summed E-state index contributed by atoms with van der Waals surface area (Å²) in [7, 11) is 0. The van der Waals surface area contributed by atoms with Gasteiger partial charge in [0.05, 0.1) is 5.69 Å². The molecule has 1 aromatic heterocycles. The van der Waals surface area contributed by atoms with Crippen molar-refractivity contribution in [1.82, 2.24) is 10.3 Å². The highest BCUT2D eigenvalue weighted by molar-refractivity contribution is 5.28. The van der Waals surface area contributed by atoms with Gasteiger partial charge in [0.15, 0.2) is 0 Å². The quantitative estimate of drug-likeness (QED) is 0.691. The normalized spacial score (nSPS) is 20.9. The summed E-state index contributed by atoms with van der Waals surface area (Å²) in [5.41, 5.74) is 0.654. The fraction of sp³-hybridized carbons (Fsp3) is 0.500. The maximum atomic E-state index is 12.8. The first-order valence-corrected chi connectivity index (χ1v) is 4.82. The predicted octanol–water partition coefficient (Wildman–Crippen LogP) is 1.48. The third-order valence-electron chi connectivity index (χ3n) is 2.31. The van der Waals surface area contributed by atoms with Crippen molar-refractivity contribution >= 4 is 0 Å². The summed E-state index contributed by atoms with van der Waals surface area (Å²) in [6.07, 6.45) is 1.09. The lowest BCUT2D eigenvalue weighted by Crippen LogP contribution is -2.27. The van der Waals surface area contributed by atoms with Gasteiger partial charge in [-0.05, 0) is 18.6 Å². The summed E-state index contributed by atoms with van der Waals surface area (Å²) >= 11 is 0. The smallest absolute Gasteiger partial charge is 0.213 e. The Hall–Kier alpha value is -1.16. The first-order chi connectivity index (χ1) is 6.79. The van der Waals surface area contributed by atoms with Crippen LogP contribution in [0, 0.1) is 5.95 Å². The number of hydrogen-bond acceptors (Lipinski definition) is 3. The lowest BCUT2D eigenvalue weighted by atomic mass is 10.3. The largest absolute Gasteiger partial charge is 0.487 e. The van der Waals surface area contributed by atoms with Crippen LogP contribution in [0.1, 0.15) is 19.0 Å². The molecule has 1 aliphatic heterocycles. The highest BCUT2D eigenvalue weighted by atomic mass is 19.1. The zero-order valence-corrected chi connectivity index (χ0v) is 8.09. The topological polar surface area (TPSA) is 34.2 Å². The second-order valence-electron chi connectivity index (χ2n) is 3.36. The first kappa shape index (κ1) is 9.40. The van der Waals surface area contributed by atoms with Gasteiger partial charge in [0.2, 0.25) is 5.95 Å². The minimum atomic E-state index is -0.455. The lowest BCUT2D eigenvalue weighted by Gasteiger charge is -2.14. The number of halogens is 1. The van der Waals surface area contributed by atoms with E-state index in [0.29, 0.717) is 18.0 Å². The lowest BCUT2D eigenvalue weighted by molar-refractivity contribution is 0.201. The Bertz CT molecular complexity index is 330. The van der Waals surface area contributed by atoms with E-state index in [-0.39, 0.29) is 6.10 Å². The molecule has 0 spiro atoms. The van der Waals surface area contributed by atoms with Gasteiger partial charge in [0.1, 0.15) is 11.9 Å². The van der Waals surface area contributed by atoms with Crippen molar-refractivity contribution in [3.05, 3.63) is 23.8 Å². The van der Waals surface area contributed by atoms with Crippen molar-refractivity contribution in [2.75, 3.05) is 6.54 Å². The molecular weight excluding hydrogens is 183 g/mol. The number of nitrogens with zero attached hydrogens (tertiary/aromatic N) is 1. The van der Waals surface area contributed by atoms with Crippen LogP contribution >= 0.6 is 0 Å². The van der Waals surface area contributed by atoms with E-state index in [1.165, 1.54) is 6.07 Å². The van der Waals surface area contributed by atoms with E-state index in [4.69, 9.17) is 4.74 Å². The zero-order valence-electron chi connectivity index (χ0n) is 8.09. The Labute approximate surface area is 82.3 Å². The third kappa shape index (κ3) is 1.85. The fourth-order valence-electron chi connectivity index (χ4n) is 1.50. The van der Waals surface area contributed by atoms with Crippen LogP contribution < -0.4 is 10.1 Å². The first-order valence-electron chi connectivity index (χ1n) is 4.82. The molecule has 0 aliphatic carbocycles. The van der Waals surface area contributed by atoms with Crippen LogP contribution in [0.3, 0.4) is 0 Å². The molecule has 0 saturated carbocycles. The van der Waals surface area contributed by atoms with Crippen molar-refractivity contribution < 1.29 is 9.13 Å². The number of fused-ring (bicyclic) bond motifs is 1. The molecule has 14 heavy (non-hydrogen) atoms. The van der Waals surface area contributed by atoms with Gasteiger partial charge in [-0.1, -0.05) is 6.92 Å². The second kappa shape index (κ2) is 3.92. The van der Waals surface area contributed by atoms with Crippen molar-refractivity contribution in [1.29, 1.82) is 0 Å². The molecule has 76 valence electrons. The van der Waals surface area contributed by atoms with Crippen LogP contribution in [0.25, 0.3) is 0 Å². The van der Waals surface area contributed by atoms with Gasteiger partial charge in [0.25, 0.3) is 0 Å². The predicted molar refractivity (Wildman–Crippen MR) is 50.6 cm³/mol. The molecule has 1 aliphatic rings. The van der Waals surface area contributed by atoms with E-state index >= 15 is 0 Å². The molecular formula is C10H13FN2O. The highest BCUT2D eigenvalue weighted by Gasteiger charge is 2.16. The van der Waals surface area contributed by atoms with Crippen LogP contribution in [0.15, 0.2) is 12.1 Å². The van der Waals surface area contributed by atoms with E-state index in [0.717, 1.165) is 13.0 Å². The van der Waals surface area contributed by atoms with E-state index in [9.17, 15) is 4.39 Å². The molecule has 1 atom stereocenters. The average molecular weight is 196 g/mol. The van der Waals surface area contributed by atoms with Crippen molar-refractivity contribution in [2.24, 2.45) is 0 Å². The monoisotopic (exact) mass is 196 g/mol. The van der Waals surface area contributed by atoms with Crippen molar-refractivity contribution in [2.45, 2.75) is 26.0 Å². The molecule has 3 nitrogen and oxygen atoms in total. The van der Waals surface area contributed by atoms with Gasteiger partial charge in [-0.3, -0.25) is 0 Å². The maximum Gasteiger partial charge on any atom is 0.213 e. The Morgan fingerprint density at radius 1 is 1.64 bits per heavy atom. The Kier molecular flexibility index (Phi) is 2.63. The molecule has 0 radical (unpaired) electrons. The van der Waals surface area contributed by atoms with Crippen LogP contribution in [0.4, 0.5) is 4.39 Å². The second-order valence-corrected chi connectivity index (χ2v) is 3.36. The SMILES string of the molecule is CC[C@@H]1CNCc2nc(F)ccc2O1. The number of hydrogen-bond donors (Lipinski definition) is 1. The van der Waals surface area contributed by atoms with Gasteiger partial charge in [-0.15, -0.1) is 0 Å². The van der Waals surface area contributed by atoms with Crippen LogP contribution in [-0.4, -0.2) is 17.6 Å². The van der Waals surface area contributed by atoms with Gasteiger partial charge in [-0.25, -0.2) is 4.98 Å². The summed E-state index contributed by atoms with van der Waals surface area (Å²) in [6, 6.07) is 2.98. The van der Waals surface area contributed by atoms with Gasteiger partial charge >= 0.3 is 0 Å². The van der Waals surface area contributed by atoms with E-state index in [1.54, 1.807) is 6.07 Å². The molecule has 0 aromatic carbocycles. The molecule has 2 heterocycles. The number of aromatic nitrogens is 1. The van der Waals surface area contributed by atoms with Gasteiger partial charge in [-0.2, -0.15) is 4.39 Å². The summed E-state index contributed by atoms with van der Waals surface area (Å²) in [6.45, 7) is 3.42. The van der Waals surface area contributed by atoms with Crippen LogP contribution in [-0.2, 0) is 6.54 Å². The van der Waals surface area contributed by atoms with E-state index < -0.39 is 5.95 Å². The summed E-state index contributed by atoms with van der Waals surface area (Å²) in [4.78, 5) is 3.79. The minimum Gasteiger partial charge on any atom is -0.487 e. The molecule has 0 unspecified atom stereocenters. The Balaban J connectivity index is 2.27. The Morgan fingerprint density at radius 2 is 2.50 bits per heavy atom. The van der Waals surface area contributed by atoms with Gasteiger partial charge in [0, 0.05) is 13.1 Å². The van der Waals surface area contributed by atoms with Crippen LogP contribution in [0.5, 0.6) is 5.75 Å². The Morgan fingerprint density at radius 3 is 3.29 bits per heavy atom. The fourth-order valence-corrected chi connectivity index (χ4v) is 1.50. The summed E-state index contributed by atoms with van der Waals surface area (Å²) < 4.78 is 18.5. The average Bonchev–Trinajstić information content (AvgIpc) is 2.38. The van der Waals surface area contributed by atoms with Crippen LogP contribution in [0.2, 0.25) is 0 Å².